The maximum absolute atomic E-state index is 11.6. The molecule has 1 aromatic rings. The van der Waals surface area contributed by atoms with Crippen LogP contribution in [0.25, 0.3) is 0 Å². The zero-order chi connectivity index (χ0) is 12.2. The van der Waals surface area contributed by atoms with E-state index < -0.39 is 10.0 Å². The van der Waals surface area contributed by atoms with E-state index in [0.717, 1.165) is 16.6 Å². The minimum atomic E-state index is -3.23. The van der Waals surface area contributed by atoms with Crippen molar-refractivity contribution in [3.05, 3.63) is 22.4 Å². The van der Waals surface area contributed by atoms with Gasteiger partial charge in [-0.25, -0.2) is 13.4 Å². The fourth-order valence-corrected chi connectivity index (χ4v) is 2.64. The van der Waals surface area contributed by atoms with E-state index in [9.17, 15) is 8.42 Å². The first-order chi connectivity index (χ1) is 7.44. The van der Waals surface area contributed by atoms with Crippen LogP contribution in [-0.2, 0) is 10.0 Å². The van der Waals surface area contributed by atoms with Crippen molar-refractivity contribution < 1.29 is 8.42 Å². The molecule has 0 radical (unpaired) electrons. The summed E-state index contributed by atoms with van der Waals surface area (Å²) in [7, 11) is -3.23. The lowest BCUT2D eigenvalue weighted by atomic mass is 10.3. The summed E-state index contributed by atoms with van der Waals surface area (Å²) in [6.07, 6.45) is 3.03. The minimum Gasteiger partial charge on any atom is -0.282 e. The molecule has 0 saturated carbocycles. The fourth-order valence-electron chi connectivity index (χ4n) is 1.18. The zero-order valence-electron chi connectivity index (χ0n) is 9.33. The van der Waals surface area contributed by atoms with Crippen LogP contribution in [0.4, 0.5) is 5.69 Å². The number of anilines is 1. The third-order valence-corrected chi connectivity index (χ3v) is 4.26. The second-order valence-corrected chi connectivity index (χ2v) is 6.20. The third-order valence-electron chi connectivity index (χ3n) is 2.05. The first-order valence-corrected chi connectivity index (χ1v) is 7.52. The van der Waals surface area contributed by atoms with Crippen molar-refractivity contribution in [1.29, 1.82) is 0 Å². The lowest BCUT2D eigenvalue weighted by Gasteiger charge is -2.08. The highest BCUT2D eigenvalue weighted by atomic mass is 79.9. The van der Waals surface area contributed by atoms with E-state index >= 15 is 0 Å². The van der Waals surface area contributed by atoms with Crippen LogP contribution < -0.4 is 4.72 Å². The van der Waals surface area contributed by atoms with E-state index in [4.69, 9.17) is 0 Å². The van der Waals surface area contributed by atoms with Crippen molar-refractivity contribution in [3.8, 4) is 0 Å². The number of nitrogens with zero attached hydrogens (tertiary/aromatic N) is 1. The van der Waals surface area contributed by atoms with Gasteiger partial charge in [0, 0.05) is 0 Å². The smallest absolute Gasteiger partial charge is 0.232 e. The highest BCUT2D eigenvalue weighted by molar-refractivity contribution is 9.10. The number of aromatic nitrogens is 1. The Labute approximate surface area is 105 Å². The van der Waals surface area contributed by atoms with E-state index in [-0.39, 0.29) is 5.75 Å². The van der Waals surface area contributed by atoms with Gasteiger partial charge in [0.25, 0.3) is 0 Å². The SMILES string of the molecule is CCCCS(=O)(=O)Nc1cnc(Br)c(C)c1. The summed E-state index contributed by atoms with van der Waals surface area (Å²) in [5.74, 6) is 0.151. The summed E-state index contributed by atoms with van der Waals surface area (Å²) >= 11 is 3.26. The lowest BCUT2D eigenvalue weighted by Crippen LogP contribution is -2.16. The van der Waals surface area contributed by atoms with Crippen LogP contribution in [0.15, 0.2) is 16.9 Å². The molecule has 0 aliphatic rings. The summed E-state index contributed by atoms with van der Waals surface area (Å²) < 4.78 is 26.4. The number of sulfonamides is 1. The van der Waals surface area contributed by atoms with Gasteiger partial charge < -0.3 is 0 Å². The largest absolute Gasteiger partial charge is 0.282 e. The van der Waals surface area contributed by atoms with Gasteiger partial charge in [0.2, 0.25) is 10.0 Å². The predicted molar refractivity (Wildman–Crippen MR) is 69.0 cm³/mol. The van der Waals surface area contributed by atoms with Gasteiger partial charge in [0.15, 0.2) is 0 Å². The molecular formula is C10H15BrN2O2S. The monoisotopic (exact) mass is 306 g/mol. The second kappa shape index (κ2) is 5.63. The summed E-state index contributed by atoms with van der Waals surface area (Å²) in [5.41, 5.74) is 1.41. The molecule has 0 fully saturated rings. The van der Waals surface area contributed by atoms with Crippen molar-refractivity contribution in [2.45, 2.75) is 26.7 Å². The van der Waals surface area contributed by atoms with E-state index in [0.29, 0.717) is 12.1 Å². The number of nitrogens with one attached hydrogen (secondary N) is 1. The predicted octanol–water partition coefficient (Wildman–Crippen LogP) is 2.69. The van der Waals surface area contributed by atoms with Crippen LogP contribution in [0.1, 0.15) is 25.3 Å². The van der Waals surface area contributed by atoms with Crippen LogP contribution in [0.5, 0.6) is 0 Å². The number of unbranched alkanes of at least 4 members (excludes halogenated alkanes) is 1. The molecule has 0 bridgehead atoms. The number of aryl methyl sites for hydroxylation is 1. The molecule has 1 aromatic heterocycles. The summed E-state index contributed by atoms with van der Waals surface area (Å²) in [6, 6.07) is 1.75. The van der Waals surface area contributed by atoms with Gasteiger partial charge in [0.05, 0.1) is 17.6 Å². The molecule has 0 amide bonds. The highest BCUT2D eigenvalue weighted by Gasteiger charge is 2.10. The molecule has 1 heterocycles. The molecule has 4 nitrogen and oxygen atoms in total. The Balaban J connectivity index is 2.76. The molecule has 0 saturated heterocycles. The molecule has 1 rings (SSSR count). The lowest BCUT2D eigenvalue weighted by molar-refractivity contribution is 0.598. The van der Waals surface area contributed by atoms with E-state index in [1.807, 2.05) is 13.8 Å². The topological polar surface area (TPSA) is 59.1 Å². The van der Waals surface area contributed by atoms with Crippen LogP contribution in [0, 0.1) is 6.92 Å². The van der Waals surface area contributed by atoms with Crippen molar-refractivity contribution in [2.75, 3.05) is 10.5 Å². The Hall–Kier alpha value is -0.620. The molecule has 0 aliphatic carbocycles. The summed E-state index contributed by atoms with van der Waals surface area (Å²) in [4.78, 5) is 4.03. The van der Waals surface area contributed by atoms with Gasteiger partial charge in [-0.1, -0.05) is 13.3 Å². The number of rotatable bonds is 5. The van der Waals surface area contributed by atoms with E-state index in [1.165, 1.54) is 6.20 Å². The molecule has 0 aromatic carbocycles. The number of pyridine rings is 1. The number of halogens is 1. The first-order valence-electron chi connectivity index (χ1n) is 5.07. The normalized spacial score (nSPS) is 11.4. The van der Waals surface area contributed by atoms with Crippen LogP contribution in [-0.4, -0.2) is 19.2 Å². The summed E-state index contributed by atoms with van der Waals surface area (Å²) in [5, 5.41) is 0. The molecule has 0 unspecified atom stereocenters. The van der Waals surface area contributed by atoms with Crippen molar-refractivity contribution in [3.63, 3.8) is 0 Å². The molecule has 0 spiro atoms. The Kier molecular flexibility index (Phi) is 4.73. The van der Waals surface area contributed by atoms with Gasteiger partial charge >= 0.3 is 0 Å². The maximum Gasteiger partial charge on any atom is 0.232 e. The van der Waals surface area contributed by atoms with E-state index in [1.54, 1.807) is 6.07 Å². The molecule has 16 heavy (non-hydrogen) atoms. The first kappa shape index (κ1) is 13.4. The van der Waals surface area contributed by atoms with Gasteiger partial charge in [-0.05, 0) is 40.9 Å². The average molecular weight is 307 g/mol. The minimum absolute atomic E-state index is 0.151. The molecule has 1 N–H and O–H groups in total. The Morgan fingerprint density at radius 1 is 1.50 bits per heavy atom. The Morgan fingerprint density at radius 2 is 2.19 bits per heavy atom. The number of hydrogen-bond acceptors (Lipinski definition) is 3. The molecule has 90 valence electrons. The van der Waals surface area contributed by atoms with Gasteiger partial charge in [-0.2, -0.15) is 0 Å². The van der Waals surface area contributed by atoms with Gasteiger partial charge in [-0.3, -0.25) is 4.72 Å². The number of hydrogen-bond donors (Lipinski definition) is 1. The molecule has 0 aliphatic heterocycles. The highest BCUT2D eigenvalue weighted by Crippen LogP contribution is 2.17. The molecule has 0 atom stereocenters. The van der Waals surface area contributed by atoms with Crippen molar-refractivity contribution in [2.24, 2.45) is 0 Å². The zero-order valence-corrected chi connectivity index (χ0v) is 11.7. The van der Waals surface area contributed by atoms with Gasteiger partial charge in [-0.15, -0.1) is 0 Å². The van der Waals surface area contributed by atoms with Crippen LogP contribution in [0.3, 0.4) is 0 Å². The fraction of sp³-hybridized carbons (Fsp3) is 0.500. The molecular weight excluding hydrogens is 292 g/mol. The van der Waals surface area contributed by atoms with Crippen LogP contribution in [0.2, 0.25) is 0 Å². The molecule has 6 heteroatoms. The van der Waals surface area contributed by atoms with Crippen molar-refractivity contribution in [1.82, 2.24) is 4.98 Å². The summed E-state index contributed by atoms with van der Waals surface area (Å²) in [6.45, 7) is 3.82. The Bertz CT molecular complexity index is 460. The maximum atomic E-state index is 11.6. The van der Waals surface area contributed by atoms with Crippen LogP contribution >= 0.6 is 15.9 Å². The van der Waals surface area contributed by atoms with Crippen molar-refractivity contribution >= 4 is 31.6 Å². The third kappa shape index (κ3) is 4.09. The standard InChI is InChI=1S/C10H15BrN2O2S/c1-3-4-5-16(14,15)13-9-6-8(2)10(11)12-7-9/h6-7,13H,3-5H2,1-2H3. The van der Waals surface area contributed by atoms with E-state index in [2.05, 4.69) is 25.6 Å². The second-order valence-electron chi connectivity index (χ2n) is 3.61. The quantitative estimate of drug-likeness (QED) is 0.851. The van der Waals surface area contributed by atoms with Gasteiger partial charge in [0.1, 0.15) is 4.60 Å². The Morgan fingerprint density at radius 3 is 2.75 bits per heavy atom. The average Bonchev–Trinajstić information content (AvgIpc) is 2.20.